The molecule has 1 amide bonds. The van der Waals surface area contributed by atoms with Gasteiger partial charge in [0.2, 0.25) is 5.91 Å². The Bertz CT molecular complexity index is 1550. The Balaban J connectivity index is 1.33. The van der Waals surface area contributed by atoms with Gasteiger partial charge in [0.05, 0.1) is 28.6 Å². The molecule has 0 unspecified atom stereocenters. The predicted molar refractivity (Wildman–Crippen MR) is 135 cm³/mol. The van der Waals surface area contributed by atoms with Crippen LogP contribution in [-0.4, -0.2) is 39.8 Å². The van der Waals surface area contributed by atoms with Crippen molar-refractivity contribution in [2.24, 2.45) is 0 Å². The van der Waals surface area contributed by atoms with E-state index in [-0.39, 0.29) is 11.9 Å². The lowest BCUT2D eigenvalue weighted by atomic mass is 10.1. The molecule has 1 aliphatic rings. The molecule has 1 aliphatic heterocycles. The van der Waals surface area contributed by atoms with Crippen LogP contribution in [0.25, 0.3) is 31.3 Å². The Hall–Kier alpha value is -3.23. The normalized spacial score (nSPS) is 15.5. The van der Waals surface area contributed by atoms with Gasteiger partial charge in [0.15, 0.2) is 0 Å². The first-order valence-electron chi connectivity index (χ1n) is 10.7. The minimum atomic E-state index is 0.0984. The van der Waals surface area contributed by atoms with E-state index < -0.39 is 0 Å². The van der Waals surface area contributed by atoms with E-state index >= 15 is 0 Å². The largest absolute Gasteiger partial charge is 0.497 e. The predicted octanol–water partition coefficient (Wildman–Crippen LogP) is 5.47. The molecule has 164 valence electrons. The number of fused-ring (bicyclic) bond motifs is 5. The van der Waals surface area contributed by atoms with Crippen LogP contribution in [-0.2, 0) is 11.2 Å². The van der Waals surface area contributed by atoms with E-state index in [0.717, 1.165) is 54.2 Å². The number of hydrogen-bond acceptors (Lipinski definition) is 7. The van der Waals surface area contributed by atoms with E-state index in [1.165, 1.54) is 17.3 Å². The molecular formula is C25H20N4O2S2. The van der Waals surface area contributed by atoms with Gasteiger partial charge < -0.3 is 9.64 Å². The summed E-state index contributed by atoms with van der Waals surface area (Å²) in [5, 5.41) is 2.82. The van der Waals surface area contributed by atoms with Crippen LogP contribution in [0.15, 0.2) is 59.9 Å². The zero-order valence-corrected chi connectivity index (χ0v) is 19.7. The molecule has 6 nitrogen and oxygen atoms in total. The summed E-state index contributed by atoms with van der Waals surface area (Å²) in [6.07, 6.45) is 2.47. The number of carbonyl (C=O) groups excluding carboxylic acids is 1. The van der Waals surface area contributed by atoms with E-state index in [1.54, 1.807) is 24.8 Å². The first-order valence-corrected chi connectivity index (χ1v) is 12.5. The molecule has 0 spiro atoms. The molecule has 0 aliphatic carbocycles. The number of carbonyl (C=O) groups is 1. The first-order chi connectivity index (χ1) is 16.1. The van der Waals surface area contributed by atoms with Crippen LogP contribution >= 0.6 is 23.1 Å². The molecule has 8 heteroatoms. The molecule has 2 aromatic carbocycles. The zero-order chi connectivity index (χ0) is 22.5. The van der Waals surface area contributed by atoms with Gasteiger partial charge >= 0.3 is 0 Å². The van der Waals surface area contributed by atoms with Gasteiger partial charge in [-0.05, 0) is 49.2 Å². The number of nitrogens with zero attached hydrogens (tertiary/aromatic N) is 4. The topological polar surface area (TPSA) is 68.2 Å². The lowest BCUT2D eigenvalue weighted by molar-refractivity contribution is -0.116. The summed E-state index contributed by atoms with van der Waals surface area (Å²) in [5.41, 5.74) is 4.04. The molecule has 0 saturated heterocycles. The highest BCUT2D eigenvalue weighted by molar-refractivity contribution is 8.00. The molecule has 0 bridgehead atoms. The SMILES string of the molecule is COc1ccc2nc3sc4c(SCC(=O)N5c6ccccc6C[C@@H]5C)ncnc4c3cc2c1. The minimum absolute atomic E-state index is 0.0984. The van der Waals surface area contributed by atoms with Gasteiger partial charge in [-0.15, -0.1) is 11.3 Å². The summed E-state index contributed by atoms with van der Waals surface area (Å²) in [7, 11) is 1.66. The molecule has 33 heavy (non-hydrogen) atoms. The van der Waals surface area contributed by atoms with E-state index in [2.05, 4.69) is 29.0 Å². The summed E-state index contributed by atoms with van der Waals surface area (Å²) >= 11 is 3.04. The highest BCUT2D eigenvalue weighted by Crippen LogP contribution is 2.39. The summed E-state index contributed by atoms with van der Waals surface area (Å²) in [6.45, 7) is 2.10. The molecule has 0 N–H and O–H groups in total. The number of thioether (sulfide) groups is 1. The van der Waals surface area contributed by atoms with Gasteiger partial charge in [0.1, 0.15) is 21.9 Å². The van der Waals surface area contributed by atoms with Crippen molar-refractivity contribution in [3.05, 3.63) is 60.4 Å². The van der Waals surface area contributed by atoms with Crippen LogP contribution < -0.4 is 9.64 Å². The Kier molecular flexibility index (Phi) is 4.92. The molecule has 0 fully saturated rings. The maximum Gasteiger partial charge on any atom is 0.237 e. The highest BCUT2D eigenvalue weighted by Gasteiger charge is 2.30. The zero-order valence-electron chi connectivity index (χ0n) is 18.1. The number of amides is 1. The quantitative estimate of drug-likeness (QED) is 0.255. The average Bonchev–Trinajstić information content (AvgIpc) is 3.37. The Morgan fingerprint density at radius 2 is 2.09 bits per heavy atom. The van der Waals surface area contributed by atoms with Crippen molar-refractivity contribution in [3.63, 3.8) is 0 Å². The third kappa shape index (κ3) is 3.41. The average molecular weight is 473 g/mol. The van der Waals surface area contributed by atoms with Gasteiger partial charge in [0, 0.05) is 22.5 Å². The van der Waals surface area contributed by atoms with Crippen LogP contribution in [0.2, 0.25) is 0 Å². The highest BCUT2D eigenvalue weighted by atomic mass is 32.2. The molecule has 0 saturated carbocycles. The van der Waals surface area contributed by atoms with E-state index in [1.807, 2.05) is 41.3 Å². The second kappa shape index (κ2) is 7.97. The Labute approximate surface area is 198 Å². The van der Waals surface area contributed by atoms with Crippen LogP contribution in [0.1, 0.15) is 12.5 Å². The van der Waals surface area contributed by atoms with Crippen molar-refractivity contribution in [1.29, 1.82) is 0 Å². The van der Waals surface area contributed by atoms with Crippen molar-refractivity contribution < 1.29 is 9.53 Å². The summed E-state index contributed by atoms with van der Waals surface area (Å²) < 4.78 is 6.33. The third-order valence-electron chi connectivity index (χ3n) is 6.02. The molecule has 5 aromatic rings. The lowest BCUT2D eigenvalue weighted by Gasteiger charge is -2.22. The smallest absolute Gasteiger partial charge is 0.237 e. The van der Waals surface area contributed by atoms with E-state index in [4.69, 9.17) is 9.72 Å². The minimum Gasteiger partial charge on any atom is -0.497 e. The maximum absolute atomic E-state index is 13.2. The number of anilines is 1. The lowest BCUT2D eigenvalue weighted by Crippen LogP contribution is -2.36. The molecule has 6 rings (SSSR count). The number of benzene rings is 2. The van der Waals surface area contributed by atoms with Crippen LogP contribution in [0.4, 0.5) is 5.69 Å². The van der Waals surface area contributed by atoms with Gasteiger partial charge in [-0.1, -0.05) is 30.0 Å². The van der Waals surface area contributed by atoms with Crippen LogP contribution in [0.5, 0.6) is 5.75 Å². The number of rotatable bonds is 4. The van der Waals surface area contributed by atoms with Gasteiger partial charge in [-0.25, -0.2) is 15.0 Å². The summed E-state index contributed by atoms with van der Waals surface area (Å²) in [5.74, 6) is 1.22. The third-order valence-corrected chi connectivity index (χ3v) is 8.22. The second-order valence-electron chi connectivity index (χ2n) is 8.09. The fraction of sp³-hybridized carbons (Fsp3) is 0.200. The van der Waals surface area contributed by atoms with Crippen LogP contribution in [0, 0.1) is 0 Å². The van der Waals surface area contributed by atoms with Crippen LogP contribution in [0.3, 0.4) is 0 Å². The van der Waals surface area contributed by atoms with Gasteiger partial charge in [-0.3, -0.25) is 4.79 Å². The second-order valence-corrected chi connectivity index (χ2v) is 10.1. The number of pyridine rings is 1. The molecule has 4 heterocycles. The van der Waals surface area contributed by atoms with Gasteiger partial charge in [0.25, 0.3) is 0 Å². The van der Waals surface area contributed by atoms with Crippen molar-refractivity contribution in [2.45, 2.75) is 24.4 Å². The summed E-state index contributed by atoms with van der Waals surface area (Å²) in [6, 6.07) is 16.3. The molecule has 3 aromatic heterocycles. The van der Waals surface area contributed by atoms with Gasteiger partial charge in [-0.2, -0.15) is 0 Å². The summed E-state index contributed by atoms with van der Waals surface area (Å²) in [4.78, 5) is 29.9. The fourth-order valence-electron chi connectivity index (χ4n) is 4.50. The maximum atomic E-state index is 13.2. The molecule has 0 radical (unpaired) electrons. The molecular weight excluding hydrogens is 452 g/mol. The first kappa shape index (κ1) is 20.4. The van der Waals surface area contributed by atoms with Crippen molar-refractivity contribution in [3.8, 4) is 5.75 Å². The number of ether oxygens (including phenoxy) is 1. The Morgan fingerprint density at radius 3 is 2.97 bits per heavy atom. The van der Waals surface area contributed by atoms with Crippen molar-refractivity contribution >= 4 is 66.0 Å². The number of hydrogen-bond donors (Lipinski definition) is 0. The fourth-order valence-corrected chi connectivity index (χ4v) is 6.55. The standard InChI is InChI=1S/C25H20N4O2S2/c1-14-9-15-5-3-4-6-20(15)29(14)21(30)12-32-25-23-22(26-13-27-25)18-11-16-10-17(31-2)7-8-19(16)28-24(18)33-23/h3-8,10-11,13-14H,9,12H2,1-2H3/t14-/m0/s1. The van der Waals surface area contributed by atoms with E-state index in [0.29, 0.717) is 5.75 Å². The number of aromatic nitrogens is 3. The van der Waals surface area contributed by atoms with Crippen molar-refractivity contribution in [1.82, 2.24) is 15.0 Å². The van der Waals surface area contributed by atoms with E-state index in [9.17, 15) is 4.79 Å². The number of thiophene rings is 1. The molecule has 1 atom stereocenters. The number of para-hydroxylation sites is 1. The van der Waals surface area contributed by atoms with Crippen molar-refractivity contribution in [2.75, 3.05) is 17.8 Å². The number of methoxy groups -OCH3 is 1. The Morgan fingerprint density at radius 1 is 1.21 bits per heavy atom. The monoisotopic (exact) mass is 472 g/mol.